The minimum atomic E-state index is -0.489. The number of carbonyl (C=O) groups is 1. The average molecular weight is 282 g/mol. The van der Waals surface area contributed by atoms with Crippen LogP contribution in [0.15, 0.2) is 23.4 Å². The summed E-state index contributed by atoms with van der Waals surface area (Å²) >= 11 is 0. The number of hydrogen-bond donors (Lipinski definition) is 4. The molecule has 0 saturated carbocycles. The molecule has 0 saturated heterocycles. The largest absolute Gasteiger partial charge is 0.409 e. The van der Waals surface area contributed by atoms with Crippen molar-refractivity contribution in [3.63, 3.8) is 0 Å². The van der Waals surface area contributed by atoms with Gasteiger partial charge in [-0.2, -0.15) is 0 Å². The van der Waals surface area contributed by atoms with Crippen LogP contribution >= 0.6 is 0 Å². The number of halogens is 1. The van der Waals surface area contributed by atoms with Crippen molar-refractivity contribution in [2.45, 2.75) is 26.4 Å². The first-order valence-corrected chi connectivity index (χ1v) is 6.26. The molecule has 0 fully saturated rings. The summed E-state index contributed by atoms with van der Waals surface area (Å²) in [6.45, 7) is 4.40. The van der Waals surface area contributed by atoms with Gasteiger partial charge in [0.05, 0.1) is 6.04 Å². The highest BCUT2D eigenvalue weighted by atomic mass is 19.1. The maximum absolute atomic E-state index is 13.4. The third-order valence-corrected chi connectivity index (χ3v) is 2.72. The van der Waals surface area contributed by atoms with E-state index in [1.165, 1.54) is 12.1 Å². The van der Waals surface area contributed by atoms with Crippen molar-refractivity contribution in [2.24, 2.45) is 10.9 Å². The number of hydrogen-bond acceptors (Lipinski definition) is 4. The van der Waals surface area contributed by atoms with Crippen LogP contribution in [0.4, 0.5) is 4.39 Å². The van der Waals surface area contributed by atoms with Crippen molar-refractivity contribution in [1.82, 2.24) is 10.6 Å². The number of likely N-dealkylation sites (N-methyl/N-ethyl adjacent to an activating group) is 1. The van der Waals surface area contributed by atoms with Crippen LogP contribution < -0.4 is 16.4 Å². The summed E-state index contributed by atoms with van der Waals surface area (Å²) in [6, 6.07) is 3.69. The minimum Gasteiger partial charge on any atom is -0.409 e. The van der Waals surface area contributed by atoms with Crippen LogP contribution in [-0.4, -0.2) is 29.5 Å². The highest BCUT2D eigenvalue weighted by molar-refractivity contribution is 5.97. The molecule has 6 nitrogen and oxygen atoms in total. The van der Waals surface area contributed by atoms with E-state index in [1.807, 2.05) is 6.92 Å². The summed E-state index contributed by atoms with van der Waals surface area (Å²) in [4.78, 5) is 11.5. The van der Waals surface area contributed by atoms with E-state index in [2.05, 4.69) is 15.8 Å². The Morgan fingerprint density at radius 2 is 2.20 bits per heavy atom. The molecule has 1 amide bonds. The number of benzene rings is 1. The molecule has 1 aromatic rings. The highest BCUT2D eigenvalue weighted by Gasteiger charge is 2.11. The summed E-state index contributed by atoms with van der Waals surface area (Å²) in [5.41, 5.74) is 6.31. The molecular weight excluding hydrogens is 263 g/mol. The number of oxime groups is 1. The standard InChI is InChI=1S/C13H19FN4O2/c1-3-16-13(19)8(2)17-7-9-4-10(12(15)18-20)6-11(14)5-9/h4-6,8,17,20H,3,7H2,1-2H3,(H2,15,18)(H,16,19). The lowest BCUT2D eigenvalue weighted by Gasteiger charge is -2.13. The van der Waals surface area contributed by atoms with Crippen LogP contribution in [0.3, 0.4) is 0 Å². The van der Waals surface area contributed by atoms with E-state index in [9.17, 15) is 9.18 Å². The molecule has 0 radical (unpaired) electrons. The van der Waals surface area contributed by atoms with Gasteiger partial charge in [-0.3, -0.25) is 4.79 Å². The van der Waals surface area contributed by atoms with E-state index >= 15 is 0 Å². The molecule has 0 heterocycles. The maximum Gasteiger partial charge on any atom is 0.236 e. The lowest BCUT2D eigenvalue weighted by atomic mass is 10.1. The van der Waals surface area contributed by atoms with Gasteiger partial charge in [0.25, 0.3) is 0 Å². The van der Waals surface area contributed by atoms with Gasteiger partial charge in [-0.05, 0) is 37.6 Å². The molecule has 7 heteroatoms. The summed E-state index contributed by atoms with van der Waals surface area (Å²) in [5.74, 6) is -0.778. The molecule has 1 atom stereocenters. The van der Waals surface area contributed by atoms with Gasteiger partial charge in [0.1, 0.15) is 5.82 Å². The van der Waals surface area contributed by atoms with Gasteiger partial charge in [-0.1, -0.05) is 5.16 Å². The third kappa shape index (κ3) is 4.51. The number of nitrogens with zero attached hydrogens (tertiary/aromatic N) is 1. The Morgan fingerprint density at radius 1 is 1.50 bits per heavy atom. The molecule has 1 rings (SSSR count). The number of amides is 1. The van der Waals surface area contributed by atoms with E-state index in [0.717, 1.165) is 0 Å². The van der Waals surface area contributed by atoms with Crippen LogP contribution in [0.5, 0.6) is 0 Å². The lowest BCUT2D eigenvalue weighted by molar-refractivity contribution is -0.122. The first-order valence-electron chi connectivity index (χ1n) is 6.26. The topological polar surface area (TPSA) is 99.7 Å². The Labute approximate surface area is 116 Å². The summed E-state index contributed by atoms with van der Waals surface area (Å²) in [5, 5.41) is 17.1. The lowest BCUT2D eigenvalue weighted by Crippen LogP contribution is -2.41. The second-order valence-electron chi connectivity index (χ2n) is 4.33. The average Bonchev–Trinajstić information content (AvgIpc) is 2.43. The van der Waals surface area contributed by atoms with Crippen LogP contribution in [-0.2, 0) is 11.3 Å². The molecule has 0 aliphatic carbocycles. The summed E-state index contributed by atoms with van der Waals surface area (Å²) in [7, 11) is 0. The molecular formula is C13H19FN4O2. The van der Waals surface area contributed by atoms with Crippen molar-refractivity contribution >= 4 is 11.7 Å². The second kappa shape index (κ2) is 7.44. The molecule has 0 aromatic heterocycles. The van der Waals surface area contributed by atoms with Crippen molar-refractivity contribution in [3.8, 4) is 0 Å². The zero-order valence-electron chi connectivity index (χ0n) is 11.5. The number of amidine groups is 1. The zero-order chi connectivity index (χ0) is 15.1. The number of nitrogens with one attached hydrogen (secondary N) is 2. The normalized spacial score (nSPS) is 13.1. The van der Waals surface area contributed by atoms with Crippen LogP contribution in [0, 0.1) is 5.82 Å². The van der Waals surface area contributed by atoms with E-state index < -0.39 is 11.9 Å². The fraction of sp³-hybridized carbons (Fsp3) is 0.385. The van der Waals surface area contributed by atoms with Gasteiger partial charge in [-0.15, -0.1) is 0 Å². The molecule has 0 bridgehead atoms. The predicted molar refractivity (Wildman–Crippen MR) is 73.9 cm³/mol. The highest BCUT2D eigenvalue weighted by Crippen LogP contribution is 2.09. The predicted octanol–water partition coefficient (Wildman–Crippen LogP) is 0.534. The molecule has 0 aliphatic rings. The van der Waals surface area contributed by atoms with E-state index in [0.29, 0.717) is 18.7 Å². The second-order valence-corrected chi connectivity index (χ2v) is 4.33. The number of nitrogens with two attached hydrogens (primary N) is 1. The minimum absolute atomic E-state index is 0.124. The van der Waals surface area contributed by atoms with Crippen molar-refractivity contribution < 1.29 is 14.4 Å². The Kier molecular flexibility index (Phi) is 5.92. The SMILES string of the molecule is CCNC(=O)C(C)NCc1cc(F)cc(/C(N)=N/O)c1. The van der Waals surface area contributed by atoms with Gasteiger partial charge < -0.3 is 21.6 Å². The molecule has 5 N–H and O–H groups in total. The molecule has 0 spiro atoms. The Balaban J connectivity index is 2.73. The smallest absolute Gasteiger partial charge is 0.236 e. The Morgan fingerprint density at radius 3 is 2.80 bits per heavy atom. The monoisotopic (exact) mass is 282 g/mol. The number of rotatable bonds is 6. The van der Waals surface area contributed by atoms with Crippen LogP contribution in [0.25, 0.3) is 0 Å². The summed E-state index contributed by atoms with van der Waals surface area (Å²) < 4.78 is 13.4. The van der Waals surface area contributed by atoms with Crippen LogP contribution in [0.1, 0.15) is 25.0 Å². The molecule has 110 valence electrons. The van der Waals surface area contributed by atoms with E-state index in [1.54, 1.807) is 13.0 Å². The van der Waals surface area contributed by atoms with Crippen molar-refractivity contribution in [2.75, 3.05) is 6.54 Å². The van der Waals surface area contributed by atoms with Gasteiger partial charge in [0, 0.05) is 18.7 Å². The fourth-order valence-corrected chi connectivity index (χ4v) is 1.65. The Bertz CT molecular complexity index is 505. The summed E-state index contributed by atoms with van der Waals surface area (Å²) in [6.07, 6.45) is 0. The van der Waals surface area contributed by atoms with E-state index in [4.69, 9.17) is 10.9 Å². The molecule has 1 aromatic carbocycles. The maximum atomic E-state index is 13.4. The zero-order valence-corrected chi connectivity index (χ0v) is 11.5. The van der Waals surface area contributed by atoms with Gasteiger partial charge in [0.15, 0.2) is 5.84 Å². The van der Waals surface area contributed by atoms with Crippen molar-refractivity contribution in [3.05, 3.63) is 35.1 Å². The Hall–Kier alpha value is -2.15. The van der Waals surface area contributed by atoms with Crippen LogP contribution in [0.2, 0.25) is 0 Å². The number of carbonyl (C=O) groups excluding carboxylic acids is 1. The molecule has 0 aliphatic heterocycles. The fourth-order valence-electron chi connectivity index (χ4n) is 1.65. The third-order valence-electron chi connectivity index (χ3n) is 2.72. The van der Waals surface area contributed by atoms with Gasteiger partial charge >= 0.3 is 0 Å². The molecule has 20 heavy (non-hydrogen) atoms. The quantitative estimate of drug-likeness (QED) is 0.265. The molecule has 1 unspecified atom stereocenters. The van der Waals surface area contributed by atoms with Gasteiger partial charge in [-0.25, -0.2) is 4.39 Å². The first kappa shape index (κ1) is 15.9. The van der Waals surface area contributed by atoms with Gasteiger partial charge in [0.2, 0.25) is 5.91 Å². The van der Waals surface area contributed by atoms with E-state index in [-0.39, 0.29) is 17.3 Å². The van der Waals surface area contributed by atoms with Crippen molar-refractivity contribution in [1.29, 1.82) is 0 Å². The first-order chi connectivity index (χ1) is 9.47.